The maximum Gasteiger partial charge on any atom is 0.445 e. The molecule has 2 aromatic carbocycles. The van der Waals surface area contributed by atoms with E-state index in [1.165, 1.54) is 24.3 Å². The molecule has 3 rings (SSSR count). The van der Waals surface area contributed by atoms with Gasteiger partial charge in [0.05, 0.1) is 4.90 Å². The number of alkyl halides is 3. The van der Waals surface area contributed by atoms with Gasteiger partial charge in [-0.3, -0.25) is 10.1 Å². The molecule has 0 spiro atoms. The first kappa shape index (κ1) is 23.1. The number of aromatic nitrogens is 2. The lowest BCUT2D eigenvalue weighted by atomic mass is 10.1. The standard InChI is InChI=1S/C18H14ClF3N4O3S2/c19-12-6-8-13(9-7-12)31(28,29)26-14(10-11-4-2-1-3-5-11)15(27)23-17-25-24-16(30-17)18(20,21)22/h1-9,14,26H,10H2,(H,23,25,27). The number of hydrogen-bond donors (Lipinski definition) is 2. The van der Waals surface area contributed by atoms with Gasteiger partial charge in [-0.15, -0.1) is 10.2 Å². The predicted octanol–water partition coefficient (Wildman–Crippen LogP) is 3.74. The van der Waals surface area contributed by atoms with Crippen LogP contribution in [-0.2, 0) is 27.4 Å². The van der Waals surface area contributed by atoms with Crippen LogP contribution >= 0.6 is 22.9 Å². The van der Waals surface area contributed by atoms with Crippen molar-refractivity contribution in [2.24, 2.45) is 0 Å². The van der Waals surface area contributed by atoms with Crippen LogP contribution in [0.15, 0.2) is 59.5 Å². The fourth-order valence-corrected chi connectivity index (χ4v) is 4.42. The number of rotatable bonds is 7. The fraction of sp³-hybridized carbons (Fsp3) is 0.167. The number of nitrogens with one attached hydrogen (secondary N) is 2. The predicted molar refractivity (Wildman–Crippen MR) is 109 cm³/mol. The van der Waals surface area contributed by atoms with Gasteiger partial charge in [-0.2, -0.15) is 17.9 Å². The minimum Gasteiger partial charge on any atom is -0.299 e. The Labute approximate surface area is 184 Å². The van der Waals surface area contributed by atoms with Gasteiger partial charge in [-0.05, 0) is 36.2 Å². The zero-order valence-electron chi connectivity index (χ0n) is 15.4. The molecule has 1 heterocycles. The number of carbonyl (C=O) groups excluding carboxylic acids is 1. The van der Waals surface area contributed by atoms with Crippen LogP contribution in [0.5, 0.6) is 0 Å². The maximum atomic E-state index is 12.7. The Morgan fingerprint density at radius 1 is 1.06 bits per heavy atom. The lowest BCUT2D eigenvalue weighted by Gasteiger charge is -2.18. The van der Waals surface area contributed by atoms with E-state index in [1.54, 1.807) is 30.3 Å². The van der Waals surface area contributed by atoms with Crippen molar-refractivity contribution in [2.75, 3.05) is 5.32 Å². The molecule has 31 heavy (non-hydrogen) atoms. The largest absolute Gasteiger partial charge is 0.445 e. The molecule has 2 N–H and O–H groups in total. The van der Waals surface area contributed by atoms with E-state index in [9.17, 15) is 26.4 Å². The molecule has 0 saturated carbocycles. The summed E-state index contributed by atoms with van der Waals surface area (Å²) in [6.45, 7) is 0. The Balaban J connectivity index is 1.84. The Bertz CT molecular complexity index is 1150. The molecule has 0 aliphatic rings. The number of sulfonamides is 1. The molecule has 0 aliphatic carbocycles. The fourth-order valence-electron chi connectivity index (χ4n) is 2.49. The van der Waals surface area contributed by atoms with E-state index in [-0.39, 0.29) is 22.7 Å². The molecular weight excluding hydrogens is 477 g/mol. The number of carbonyl (C=O) groups is 1. The van der Waals surface area contributed by atoms with Crippen molar-refractivity contribution in [3.63, 3.8) is 0 Å². The van der Waals surface area contributed by atoms with Gasteiger partial charge in [0.2, 0.25) is 26.1 Å². The number of benzene rings is 2. The molecular formula is C18H14ClF3N4O3S2. The summed E-state index contributed by atoms with van der Waals surface area (Å²) in [7, 11) is -4.13. The van der Waals surface area contributed by atoms with Crippen LogP contribution in [0.2, 0.25) is 5.02 Å². The topological polar surface area (TPSA) is 101 Å². The van der Waals surface area contributed by atoms with Gasteiger partial charge < -0.3 is 0 Å². The van der Waals surface area contributed by atoms with Crippen LogP contribution in [0.3, 0.4) is 0 Å². The summed E-state index contributed by atoms with van der Waals surface area (Å²) in [5.41, 5.74) is 0.634. The second-order valence-corrected chi connectivity index (χ2v) is 9.34. The normalized spacial score (nSPS) is 13.0. The van der Waals surface area contributed by atoms with Crippen LogP contribution < -0.4 is 10.0 Å². The van der Waals surface area contributed by atoms with Crippen molar-refractivity contribution >= 4 is 44.0 Å². The Morgan fingerprint density at radius 2 is 1.71 bits per heavy atom. The molecule has 13 heteroatoms. The van der Waals surface area contributed by atoms with Gasteiger partial charge in [0.15, 0.2) is 0 Å². The van der Waals surface area contributed by atoms with Crippen LogP contribution in [0.25, 0.3) is 0 Å². The van der Waals surface area contributed by atoms with E-state index in [0.717, 1.165) is 0 Å². The third-order valence-corrected chi connectivity index (χ3v) is 6.54. The highest BCUT2D eigenvalue weighted by Crippen LogP contribution is 2.33. The smallest absolute Gasteiger partial charge is 0.299 e. The van der Waals surface area contributed by atoms with E-state index >= 15 is 0 Å². The van der Waals surface area contributed by atoms with Crippen LogP contribution in [0.4, 0.5) is 18.3 Å². The van der Waals surface area contributed by atoms with E-state index < -0.39 is 38.3 Å². The molecule has 0 bridgehead atoms. The SMILES string of the molecule is O=C(Nc1nnc(C(F)(F)F)s1)C(Cc1ccccc1)NS(=O)(=O)c1ccc(Cl)cc1. The Kier molecular flexibility index (Phi) is 6.94. The van der Waals surface area contributed by atoms with E-state index in [2.05, 4.69) is 20.2 Å². The van der Waals surface area contributed by atoms with Crippen LogP contribution in [0, 0.1) is 0 Å². The average Bonchev–Trinajstić information content (AvgIpc) is 3.17. The molecule has 1 amide bonds. The number of nitrogens with zero attached hydrogens (tertiary/aromatic N) is 2. The van der Waals surface area contributed by atoms with Crippen molar-refractivity contribution in [2.45, 2.75) is 23.5 Å². The molecule has 1 aromatic heterocycles. The summed E-state index contributed by atoms with van der Waals surface area (Å²) in [6, 6.07) is 12.5. The van der Waals surface area contributed by atoms with Crippen LogP contribution in [-0.4, -0.2) is 30.6 Å². The minimum absolute atomic E-state index is 0.0512. The number of anilines is 1. The first-order valence-electron chi connectivity index (χ1n) is 8.58. The van der Waals surface area contributed by atoms with E-state index in [4.69, 9.17) is 11.6 Å². The summed E-state index contributed by atoms with van der Waals surface area (Å²) in [5.74, 6) is -0.883. The summed E-state index contributed by atoms with van der Waals surface area (Å²) >= 11 is 5.92. The monoisotopic (exact) mass is 490 g/mol. The molecule has 7 nitrogen and oxygen atoms in total. The molecule has 0 radical (unpaired) electrons. The molecule has 0 saturated heterocycles. The number of halogens is 4. The first-order valence-corrected chi connectivity index (χ1v) is 11.3. The van der Waals surface area contributed by atoms with Crippen molar-refractivity contribution in [1.29, 1.82) is 0 Å². The van der Waals surface area contributed by atoms with Crippen LogP contribution in [0.1, 0.15) is 10.6 Å². The minimum atomic E-state index is -4.71. The zero-order chi connectivity index (χ0) is 22.6. The van der Waals surface area contributed by atoms with Gasteiger partial charge >= 0.3 is 6.18 Å². The molecule has 1 atom stereocenters. The molecule has 164 valence electrons. The molecule has 0 fully saturated rings. The highest BCUT2D eigenvalue weighted by Gasteiger charge is 2.36. The third-order valence-electron chi connectivity index (χ3n) is 3.92. The first-order chi connectivity index (χ1) is 14.5. The van der Waals surface area contributed by atoms with Gasteiger partial charge in [0.1, 0.15) is 6.04 Å². The Hall–Kier alpha value is -2.54. The summed E-state index contributed by atoms with van der Waals surface area (Å²) in [4.78, 5) is 12.6. The third kappa shape index (κ3) is 6.23. The van der Waals surface area contributed by atoms with Crippen molar-refractivity contribution in [3.05, 3.63) is 70.2 Å². The summed E-state index contributed by atoms with van der Waals surface area (Å²) < 4.78 is 65.9. The summed E-state index contributed by atoms with van der Waals surface area (Å²) in [5, 5.41) is 7.18. The maximum absolute atomic E-state index is 12.7. The second-order valence-electron chi connectivity index (χ2n) is 6.22. The number of amides is 1. The molecule has 3 aromatic rings. The second kappa shape index (κ2) is 9.30. The molecule has 0 aliphatic heterocycles. The van der Waals surface area contributed by atoms with Gasteiger partial charge in [0.25, 0.3) is 0 Å². The lowest BCUT2D eigenvalue weighted by molar-refractivity contribution is -0.138. The lowest BCUT2D eigenvalue weighted by Crippen LogP contribution is -2.45. The van der Waals surface area contributed by atoms with Gasteiger partial charge in [0, 0.05) is 5.02 Å². The van der Waals surface area contributed by atoms with Crippen molar-refractivity contribution in [1.82, 2.24) is 14.9 Å². The average molecular weight is 491 g/mol. The molecule has 1 unspecified atom stereocenters. The summed E-state index contributed by atoms with van der Waals surface area (Å²) in [6.07, 6.45) is -4.76. The van der Waals surface area contributed by atoms with Crippen molar-refractivity contribution in [3.8, 4) is 0 Å². The highest BCUT2D eigenvalue weighted by molar-refractivity contribution is 7.89. The quantitative estimate of drug-likeness (QED) is 0.525. The van der Waals surface area contributed by atoms with Gasteiger partial charge in [-0.25, -0.2) is 8.42 Å². The number of hydrogen-bond acceptors (Lipinski definition) is 6. The van der Waals surface area contributed by atoms with Crippen molar-refractivity contribution < 1.29 is 26.4 Å². The zero-order valence-corrected chi connectivity index (χ0v) is 17.8. The highest BCUT2D eigenvalue weighted by atomic mass is 35.5. The Morgan fingerprint density at radius 3 is 2.29 bits per heavy atom. The van der Waals surface area contributed by atoms with Gasteiger partial charge in [-0.1, -0.05) is 53.3 Å². The van der Waals surface area contributed by atoms with E-state index in [0.29, 0.717) is 10.6 Å². The van der Waals surface area contributed by atoms with E-state index in [1.807, 2.05) is 0 Å².